The van der Waals surface area contributed by atoms with Gasteiger partial charge in [0.15, 0.2) is 0 Å². The number of rotatable bonds is 5. The number of aliphatic carboxylic acids is 1. The van der Waals surface area contributed by atoms with Gasteiger partial charge in [0, 0.05) is 6.07 Å². The Morgan fingerprint density at radius 1 is 1.55 bits per heavy atom. The molecule has 20 heavy (non-hydrogen) atoms. The number of carboxylic acid groups (broad SMARTS) is 1. The summed E-state index contributed by atoms with van der Waals surface area (Å²) in [6.07, 6.45) is 5.07. The molecule has 0 aromatic heterocycles. The molecule has 0 atom stereocenters. The van der Waals surface area contributed by atoms with Crippen molar-refractivity contribution in [1.82, 2.24) is 4.90 Å². The lowest BCUT2D eigenvalue weighted by molar-refractivity contribution is -0.137. The van der Waals surface area contributed by atoms with Gasteiger partial charge in [0.25, 0.3) is 0 Å². The monoisotopic (exact) mass is 280 g/mol. The maximum absolute atomic E-state index is 13.0. The summed E-state index contributed by atoms with van der Waals surface area (Å²) < 4.78 is 17.9. The van der Waals surface area contributed by atoms with E-state index in [9.17, 15) is 14.0 Å². The van der Waals surface area contributed by atoms with Crippen LogP contribution in [-0.2, 0) is 4.79 Å². The van der Waals surface area contributed by atoms with E-state index in [2.05, 4.69) is 11.2 Å². The molecule has 0 spiro atoms. The summed E-state index contributed by atoms with van der Waals surface area (Å²) in [5.74, 6) is 0.592. The highest BCUT2D eigenvalue weighted by molar-refractivity contribution is 5.92. The molecule has 0 radical (unpaired) electrons. The van der Waals surface area contributed by atoms with Crippen molar-refractivity contribution in [3.8, 4) is 18.1 Å². The van der Waals surface area contributed by atoms with E-state index in [-0.39, 0.29) is 18.0 Å². The summed E-state index contributed by atoms with van der Waals surface area (Å²) >= 11 is 0. The molecule has 0 saturated carbocycles. The number of urea groups is 1. The third-order valence-electron chi connectivity index (χ3n) is 2.30. The largest absolute Gasteiger partial charge is 0.494 e. The number of carbonyl (C=O) groups excluding carboxylic acids is 1. The van der Waals surface area contributed by atoms with E-state index in [0.717, 1.165) is 17.0 Å². The van der Waals surface area contributed by atoms with E-state index in [1.807, 2.05) is 0 Å². The Kier molecular flexibility index (Phi) is 5.35. The average molecular weight is 280 g/mol. The van der Waals surface area contributed by atoms with E-state index in [4.69, 9.17) is 16.3 Å². The topological polar surface area (TPSA) is 78.9 Å². The summed E-state index contributed by atoms with van der Waals surface area (Å²) in [7, 11) is 1.32. The van der Waals surface area contributed by atoms with Crippen molar-refractivity contribution in [3.05, 3.63) is 24.0 Å². The van der Waals surface area contributed by atoms with Crippen LogP contribution >= 0.6 is 0 Å². The summed E-state index contributed by atoms with van der Waals surface area (Å²) in [5.41, 5.74) is 0.214. The summed E-state index contributed by atoms with van der Waals surface area (Å²) in [6.45, 7) is -0.707. The second-order valence-corrected chi connectivity index (χ2v) is 3.73. The van der Waals surface area contributed by atoms with Crippen LogP contribution in [0.2, 0.25) is 0 Å². The number of benzene rings is 1. The van der Waals surface area contributed by atoms with Crippen LogP contribution in [-0.4, -0.2) is 42.2 Å². The molecule has 1 rings (SSSR count). The molecule has 0 bridgehead atoms. The predicted molar refractivity (Wildman–Crippen MR) is 70.0 cm³/mol. The number of methoxy groups -OCH3 is 1. The summed E-state index contributed by atoms with van der Waals surface area (Å²) in [6, 6.07) is 2.83. The maximum atomic E-state index is 13.0. The predicted octanol–water partition coefficient (Wildman–Crippen LogP) is 1.39. The van der Waals surface area contributed by atoms with Gasteiger partial charge in [0.05, 0.1) is 19.3 Å². The first kappa shape index (κ1) is 15.3. The van der Waals surface area contributed by atoms with Crippen molar-refractivity contribution in [2.24, 2.45) is 0 Å². The van der Waals surface area contributed by atoms with Crippen LogP contribution < -0.4 is 10.1 Å². The molecule has 7 heteroatoms. The lowest BCUT2D eigenvalue weighted by atomic mass is 10.3. The number of halogens is 1. The number of nitrogens with zero attached hydrogens (tertiary/aromatic N) is 1. The van der Waals surface area contributed by atoms with Crippen LogP contribution in [0, 0.1) is 18.2 Å². The normalized spacial score (nSPS) is 9.45. The van der Waals surface area contributed by atoms with Gasteiger partial charge in [-0.05, 0) is 12.1 Å². The van der Waals surface area contributed by atoms with Gasteiger partial charge in [0.2, 0.25) is 0 Å². The van der Waals surface area contributed by atoms with E-state index >= 15 is 0 Å². The van der Waals surface area contributed by atoms with Crippen molar-refractivity contribution < 1.29 is 23.8 Å². The van der Waals surface area contributed by atoms with E-state index in [1.165, 1.54) is 13.2 Å². The fourth-order valence-corrected chi connectivity index (χ4v) is 1.44. The molecular formula is C13H13FN2O4. The molecule has 0 unspecified atom stereocenters. The Hall–Kier alpha value is -2.75. The highest BCUT2D eigenvalue weighted by Gasteiger charge is 2.17. The second kappa shape index (κ2) is 6.99. The Morgan fingerprint density at radius 3 is 2.80 bits per heavy atom. The van der Waals surface area contributed by atoms with Gasteiger partial charge in [-0.1, -0.05) is 5.92 Å². The molecule has 6 nitrogen and oxygen atoms in total. The Labute approximate surface area is 115 Å². The van der Waals surface area contributed by atoms with Gasteiger partial charge < -0.3 is 20.1 Å². The molecule has 0 fully saturated rings. The van der Waals surface area contributed by atoms with Crippen LogP contribution in [0.1, 0.15) is 0 Å². The van der Waals surface area contributed by atoms with Crippen molar-refractivity contribution in [1.29, 1.82) is 0 Å². The smallest absolute Gasteiger partial charge is 0.323 e. The standard InChI is InChI=1S/C13H13FN2O4/c1-3-6-16(8-12(17)18)13(19)15-10-5-4-9(14)7-11(10)20-2/h1,4-5,7H,6,8H2,2H3,(H,15,19)(H,17,18). The van der Waals surface area contributed by atoms with E-state index in [1.54, 1.807) is 0 Å². The van der Waals surface area contributed by atoms with E-state index < -0.39 is 24.4 Å². The van der Waals surface area contributed by atoms with Crippen LogP contribution in [0.5, 0.6) is 5.75 Å². The van der Waals surface area contributed by atoms with Gasteiger partial charge in [-0.3, -0.25) is 4.79 Å². The summed E-state index contributed by atoms with van der Waals surface area (Å²) in [4.78, 5) is 23.5. The molecule has 1 aromatic rings. The van der Waals surface area contributed by atoms with Gasteiger partial charge >= 0.3 is 12.0 Å². The number of carboxylic acids is 1. The maximum Gasteiger partial charge on any atom is 0.323 e. The zero-order valence-electron chi connectivity index (χ0n) is 10.7. The first-order valence-corrected chi connectivity index (χ1v) is 5.52. The summed E-state index contributed by atoms with van der Waals surface area (Å²) in [5, 5.41) is 11.1. The first-order chi connectivity index (χ1) is 9.47. The van der Waals surface area contributed by atoms with Crippen LogP contribution in [0.25, 0.3) is 0 Å². The quantitative estimate of drug-likeness (QED) is 0.799. The number of nitrogens with one attached hydrogen (secondary N) is 1. The van der Waals surface area contributed by atoms with Crippen molar-refractivity contribution >= 4 is 17.7 Å². The first-order valence-electron chi connectivity index (χ1n) is 5.52. The Balaban J connectivity index is 2.87. The molecule has 106 valence electrons. The molecule has 0 aliphatic carbocycles. The van der Waals surface area contributed by atoms with Gasteiger partial charge in [-0.2, -0.15) is 0 Å². The Morgan fingerprint density at radius 2 is 2.25 bits per heavy atom. The number of hydrogen-bond acceptors (Lipinski definition) is 3. The second-order valence-electron chi connectivity index (χ2n) is 3.73. The zero-order valence-corrected chi connectivity index (χ0v) is 10.7. The third kappa shape index (κ3) is 4.17. The number of terminal acetylenes is 1. The minimum absolute atomic E-state index is 0.120. The average Bonchev–Trinajstić information content (AvgIpc) is 2.39. The molecule has 2 amide bonds. The molecule has 0 aliphatic rings. The van der Waals surface area contributed by atoms with Gasteiger partial charge in [-0.15, -0.1) is 6.42 Å². The lowest BCUT2D eigenvalue weighted by Crippen LogP contribution is -2.39. The van der Waals surface area contributed by atoms with E-state index in [0.29, 0.717) is 0 Å². The van der Waals surface area contributed by atoms with Crippen LogP contribution in [0.4, 0.5) is 14.9 Å². The zero-order chi connectivity index (χ0) is 15.1. The number of ether oxygens (including phenoxy) is 1. The van der Waals surface area contributed by atoms with Gasteiger partial charge in [0.1, 0.15) is 18.1 Å². The Bertz CT molecular complexity index is 554. The van der Waals surface area contributed by atoms with Crippen molar-refractivity contribution in [2.75, 3.05) is 25.5 Å². The lowest BCUT2D eigenvalue weighted by Gasteiger charge is -2.19. The van der Waals surface area contributed by atoms with Crippen LogP contribution in [0.3, 0.4) is 0 Å². The SMILES string of the molecule is C#CCN(CC(=O)O)C(=O)Nc1ccc(F)cc1OC. The minimum Gasteiger partial charge on any atom is -0.494 e. The number of amides is 2. The number of hydrogen-bond donors (Lipinski definition) is 2. The third-order valence-corrected chi connectivity index (χ3v) is 2.30. The van der Waals surface area contributed by atoms with Gasteiger partial charge in [-0.25, -0.2) is 9.18 Å². The molecule has 0 aliphatic heterocycles. The molecule has 1 aromatic carbocycles. The van der Waals surface area contributed by atoms with Crippen LogP contribution in [0.15, 0.2) is 18.2 Å². The fraction of sp³-hybridized carbons (Fsp3) is 0.231. The highest BCUT2D eigenvalue weighted by atomic mass is 19.1. The number of carbonyl (C=O) groups is 2. The highest BCUT2D eigenvalue weighted by Crippen LogP contribution is 2.25. The number of anilines is 1. The van der Waals surface area contributed by atoms with Crippen molar-refractivity contribution in [2.45, 2.75) is 0 Å². The van der Waals surface area contributed by atoms with Crippen molar-refractivity contribution in [3.63, 3.8) is 0 Å². The minimum atomic E-state index is -1.19. The molecule has 0 heterocycles. The molecule has 0 saturated heterocycles. The molecular weight excluding hydrogens is 267 g/mol. The fourth-order valence-electron chi connectivity index (χ4n) is 1.44. The molecule has 2 N–H and O–H groups in total.